The first kappa shape index (κ1) is 26.0. The number of halogens is 3. The molecule has 1 amide bonds. The standard InChI is InChI=1S/C22H25N5O.C2HF3O2/c1-23-20-14-25-21(27-20)22(28)26-19-8-7-17(15-9-11-24-12-10-15)13-18(19)16-5-3-2-4-6-16;3-2(4,5)1(6)7/h5,7-8,13-15,24H,2-4,6,9-12H2,(H,25,27)(H,26,28);(H,6,7). The number of carboxylic acids is 1. The van der Waals surface area contributed by atoms with Crippen LogP contribution in [-0.2, 0) is 4.79 Å². The van der Waals surface area contributed by atoms with E-state index < -0.39 is 12.1 Å². The Morgan fingerprint density at radius 3 is 2.49 bits per heavy atom. The summed E-state index contributed by atoms with van der Waals surface area (Å²) in [4.78, 5) is 31.6. The van der Waals surface area contributed by atoms with Crippen molar-refractivity contribution in [1.82, 2.24) is 15.3 Å². The van der Waals surface area contributed by atoms with Crippen molar-refractivity contribution in [3.05, 3.63) is 58.8 Å². The van der Waals surface area contributed by atoms with Crippen molar-refractivity contribution in [1.29, 1.82) is 0 Å². The molecule has 1 aromatic carbocycles. The largest absolute Gasteiger partial charge is 0.490 e. The molecule has 0 spiro atoms. The van der Waals surface area contributed by atoms with E-state index in [1.165, 1.54) is 30.2 Å². The van der Waals surface area contributed by atoms with Crippen LogP contribution in [-0.4, -0.2) is 46.2 Å². The Morgan fingerprint density at radius 2 is 1.91 bits per heavy atom. The third-order valence-corrected chi connectivity index (χ3v) is 5.88. The Bertz CT molecular complexity index is 1130. The van der Waals surface area contributed by atoms with E-state index in [1.807, 2.05) is 6.07 Å². The molecule has 1 saturated heterocycles. The van der Waals surface area contributed by atoms with Crippen LogP contribution in [0.1, 0.15) is 66.2 Å². The molecular formula is C24H26F3N5O3. The number of H-pyrrole nitrogens is 1. The Labute approximate surface area is 200 Å². The summed E-state index contributed by atoms with van der Waals surface area (Å²) in [6, 6.07) is 6.44. The summed E-state index contributed by atoms with van der Waals surface area (Å²) in [5.74, 6) is -2.08. The molecule has 35 heavy (non-hydrogen) atoms. The number of carbonyl (C=O) groups is 2. The predicted molar refractivity (Wildman–Crippen MR) is 124 cm³/mol. The average Bonchev–Trinajstić information content (AvgIpc) is 3.35. The van der Waals surface area contributed by atoms with Crippen LogP contribution in [0.4, 0.5) is 24.7 Å². The summed E-state index contributed by atoms with van der Waals surface area (Å²) in [6.45, 7) is 9.14. The van der Waals surface area contributed by atoms with Gasteiger partial charge in [-0.1, -0.05) is 18.7 Å². The van der Waals surface area contributed by atoms with Crippen molar-refractivity contribution < 1.29 is 27.9 Å². The molecule has 186 valence electrons. The van der Waals surface area contributed by atoms with Crippen LogP contribution in [0.5, 0.6) is 0 Å². The zero-order valence-electron chi connectivity index (χ0n) is 18.9. The van der Waals surface area contributed by atoms with Crippen molar-refractivity contribution in [3.8, 4) is 0 Å². The minimum atomic E-state index is -5.08. The quantitative estimate of drug-likeness (QED) is 0.437. The van der Waals surface area contributed by atoms with Crippen LogP contribution in [0.25, 0.3) is 10.4 Å². The number of aromatic nitrogens is 2. The molecule has 0 saturated carbocycles. The van der Waals surface area contributed by atoms with Gasteiger partial charge in [-0.3, -0.25) is 9.78 Å². The summed E-state index contributed by atoms with van der Waals surface area (Å²) in [6.07, 6.45) is 5.45. The number of allylic oxidation sites excluding steroid dienone is 2. The van der Waals surface area contributed by atoms with E-state index in [-0.39, 0.29) is 17.5 Å². The summed E-state index contributed by atoms with van der Waals surface area (Å²) in [5, 5.41) is 13.6. The molecule has 2 aromatic rings. The fourth-order valence-electron chi connectivity index (χ4n) is 4.09. The van der Waals surface area contributed by atoms with Crippen LogP contribution in [0.3, 0.4) is 0 Å². The summed E-state index contributed by atoms with van der Waals surface area (Å²) < 4.78 is 31.7. The Kier molecular flexibility index (Phi) is 8.65. The second-order valence-corrected chi connectivity index (χ2v) is 8.29. The number of anilines is 1. The van der Waals surface area contributed by atoms with E-state index >= 15 is 0 Å². The predicted octanol–water partition coefficient (Wildman–Crippen LogP) is 5.27. The van der Waals surface area contributed by atoms with Gasteiger partial charge in [0.15, 0.2) is 0 Å². The van der Waals surface area contributed by atoms with Gasteiger partial charge >= 0.3 is 18.1 Å². The number of amides is 1. The number of carboxylic acid groups (broad SMARTS) is 1. The van der Waals surface area contributed by atoms with Gasteiger partial charge in [0.1, 0.15) is 0 Å². The van der Waals surface area contributed by atoms with Gasteiger partial charge in [0.2, 0.25) is 5.82 Å². The van der Waals surface area contributed by atoms with Gasteiger partial charge in [-0.05, 0) is 80.8 Å². The molecule has 0 unspecified atom stereocenters. The van der Waals surface area contributed by atoms with Crippen LogP contribution in [0, 0.1) is 6.57 Å². The monoisotopic (exact) mass is 489 g/mol. The fraction of sp³-hybridized carbons (Fsp3) is 0.417. The highest BCUT2D eigenvalue weighted by atomic mass is 19.4. The van der Waals surface area contributed by atoms with E-state index in [1.54, 1.807) is 0 Å². The Balaban J connectivity index is 0.000000429. The van der Waals surface area contributed by atoms with Gasteiger partial charge in [-0.25, -0.2) is 9.78 Å². The molecule has 0 bridgehead atoms. The number of piperidine rings is 1. The van der Waals surface area contributed by atoms with Crippen molar-refractivity contribution in [3.63, 3.8) is 0 Å². The highest BCUT2D eigenvalue weighted by Crippen LogP contribution is 2.36. The normalized spacial score (nSPS) is 16.3. The van der Waals surface area contributed by atoms with Gasteiger partial charge in [0.25, 0.3) is 5.82 Å². The summed E-state index contributed by atoms with van der Waals surface area (Å²) in [5.41, 5.74) is 4.62. The first-order valence-electron chi connectivity index (χ1n) is 11.3. The molecule has 1 aliphatic carbocycles. The maximum Gasteiger partial charge on any atom is 0.490 e. The van der Waals surface area contributed by atoms with Crippen LogP contribution < -0.4 is 10.6 Å². The lowest BCUT2D eigenvalue weighted by molar-refractivity contribution is -0.192. The number of aromatic amines is 1. The second kappa shape index (κ2) is 11.7. The lowest BCUT2D eigenvalue weighted by Crippen LogP contribution is -2.26. The first-order valence-corrected chi connectivity index (χ1v) is 11.3. The Morgan fingerprint density at radius 1 is 1.20 bits per heavy atom. The number of aliphatic carboxylic acids is 1. The molecule has 0 radical (unpaired) electrons. The number of nitrogens with zero attached hydrogens (tertiary/aromatic N) is 2. The number of nitrogens with one attached hydrogen (secondary N) is 3. The topological polar surface area (TPSA) is 111 Å². The minimum absolute atomic E-state index is 0.164. The van der Waals surface area contributed by atoms with Crippen molar-refractivity contribution in [2.24, 2.45) is 0 Å². The summed E-state index contributed by atoms with van der Waals surface area (Å²) in [7, 11) is 0. The number of rotatable bonds is 4. The molecule has 0 atom stereocenters. The fourth-order valence-corrected chi connectivity index (χ4v) is 4.09. The van der Waals surface area contributed by atoms with Gasteiger partial charge in [0, 0.05) is 11.3 Å². The number of benzene rings is 1. The number of hydrogen-bond acceptors (Lipinski definition) is 4. The van der Waals surface area contributed by atoms with E-state index in [2.05, 4.69) is 43.7 Å². The van der Waals surface area contributed by atoms with E-state index in [0.717, 1.165) is 50.0 Å². The van der Waals surface area contributed by atoms with E-state index in [9.17, 15) is 18.0 Å². The van der Waals surface area contributed by atoms with Crippen LogP contribution >= 0.6 is 0 Å². The van der Waals surface area contributed by atoms with Crippen molar-refractivity contribution in [2.75, 3.05) is 18.4 Å². The average molecular weight is 489 g/mol. The first-order chi connectivity index (χ1) is 16.7. The van der Waals surface area contributed by atoms with E-state index in [4.69, 9.17) is 16.5 Å². The lowest BCUT2D eigenvalue weighted by atomic mass is 9.86. The lowest BCUT2D eigenvalue weighted by Gasteiger charge is -2.25. The maximum atomic E-state index is 12.6. The molecule has 1 fully saturated rings. The Hall–Kier alpha value is -3.65. The molecule has 2 aliphatic rings. The van der Waals surface area contributed by atoms with Crippen LogP contribution in [0.15, 0.2) is 30.5 Å². The molecular weight excluding hydrogens is 463 g/mol. The highest BCUT2D eigenvalue weighted by molar-refractivity contribution is 6.03. The molecule has 11 heteroatoms. The number of imidazole rings is 1. The molecule has 2 heterocycles. The SMILES string of the molecule is O=C(O)C(F)(F)F.[C-]#[N+]c1cnc(C(=O)Nc2ccc(C3CCNCC3)cc2C2=CCCCC2)[nH]1. The smallest absolute Gasteiger partial charge is 0.475 e. The zero-order valence-corrected chi connectivity index (χ0v) is 18.9. The highest BCUT2D eigenvalue weighted by Gasteiger charge is 2.38. The van der Waals surface area contributed by atoms with Crippen molar-refractivity contribution >= 4 is 29.0 Å². The molecule has 1 aliphatic heterocycles. The molecule has 4 rings (SSSR count). The molecule has 8 nitrogen and oxygen atoms in total. The van der Waals surface area contributed by atoms with Gasteiger partial charge in [-0.2, -0.15) is 13.2 Å². The zero-order chi connectivity index (χ0) is 25.4. The summed E-state index contributed by atoms with van der Waals surface area (Å²) >= 11 is 0. The van der Waals surface area contributed by atoms with E-state index in [0.29, 0.717) is 5.92 Å². The number of carbonyl (C=O) groups excluding carboxylic acids is 1. The van der Waals surface area contributed by atoms with Crippen molar-refractivity contribution in [2.45, 2.75) is 50.6 Å². The third kappa shape index (κ3) is 7.16. The van der Waals surface area contributed by atoms with Gasteiger partial charge in [0.05, 0.1) is 6.20 Å². The van der Waals surface area contributed by atoms with Gasteiger partial charge in [-0.15, -0.1) is 0 Å². The number of alkyl halides is 3. The number of hydrogen-bond donors (Lipinski definition) is 4. The van der Waals surface area contributed by atoms with Crippen LogP contribution in [0.2, 0.25) is 0 Å². The third-order valence-electron chi connectivity index (χ3n) is 5.88. The maximum absolute atomic E-state index is 12.6. The van der Waals surface area contributed by atoms with Gasteiger partial charge < -0.3 is 20.6 Å². The second-order valence-electron chi connectivity index (χ2n) is 8.29. The minimum Gasteiger partial charge on any atom is -0.475 e. The molecule has 1 aromatic heterocycles. The molecule has 4 N–H and O–H groups in total.